The molecule has 0 aliphatic carbocycles. The molecular weight excluding hydrogens is 474 g/mol. The summed E-state index contributed by atoms with van der Waals surface area (Å²) in [5.41, 5.74) is 2.31. The van der Waals surface area contributed by atoms with E-state index >= 15 is 0 Å². The predicted octanol–water partition coefficient (Wildman–Crippen LogP) is 6.75. The standard InChI is InChI=1S/C30H22F2N2O3/c31-23-14-10-21(11-15-23)28(37-30(35)22-12-16-24(32)17-13-22)20-29-33-26-8-4-5-9-27(26)34(29)18-19-36-25-6-2-1-3-7-25/h1-17,20H,18-19H2. The van der Waals surface area contributed by atoms with Crippen LogP contribution in [0.3, 0.4) is 0 Å². The second kappa shape index (κ2) is 10.9. The monoisotopic (exact) mass is 496 g/mol. The number of carbonyl (C=O) groups is 1. The Hall–Kier alpha value is -4.78. The van der Waals surface area contributed by atoms with Gasteiger partial charge in [-0.3, -0.25) is 0 Å². The van der Waals surface area contributed by atoms with Gasteiger partial charge in [0, 0.05) is 11.6 Å². The number of hydrogen-bond acceptors (Lipinski definition) is 4. The number of ether oxygens (including phenoxy) is 2. The molecule has 0 bridgehead atoms. The molecule has 184 valence electrons. The smallest absolute Gasteiger partial charge is 0.343 e. The molecule has 0 saturated carbocycles. The van der Waals surface area contributed by atoms with Crippen LogP contribution < -0.4 is 4.74 Å². The van der Waals surface area contributed by atoms with Gasteiger partial charge in [0.15, 0.2) is 0 Å². The summed E-state index contributed by atoms with van der Waals surface area (Å²) >= 11 is 0. The molecule has 0 radical (unpaired) electrons. The van der Waals surface area contributed by atoms with E-state index in [4.69, 9.17) is 14.5 Å². The minimum absolute atomic E-state index is 0.176. The molecule has 37 heavy (non-hydrogen) atoms. The van der Waals surface area contributed by atoms with Gasteiger partial charge in [-0.15, -0.1) is 0 Å². The number of esters is 1. The van der Waals surface area contributed by atoms with Crippen molar-refractivity contribution in [2.24, 2.45) is 0 Å². The first-order chi connectivity index (χ1) is 18.1. The third kappa shape index (κ3) is 5.73. The second-order valence-corrected chi connectivity index (χ2v) is 8.18. The number of halogens is 2. The molecule has 0 atom stereocenters. The molecule has 7 heteroatoms. The van der Waals surface area contributed by atoms with Crippen molar-refractivity contribution in [3.63, 3.8) is 0 Å². The second-order valence-electron chi connectivity index (χ2n) is 8.18. The summed E-state index contributed by atoms with van der Waals surface area (Å²) in [7, 11) is 0. The molecule has 4 aromatic carbocycles. The molecule has 0 unspecified atom stereocenters. The Morgan fingerprint density at radius 1 is 0.784 bits per heavy atom. The van der Waals surface area contributed by atoms with Crippen molar-refractivity contribution in [3.05, 3.63) is 132 Å². The van der Waals surface area contributed by atoms with E-state index in [1.807, 2.05) is 59.2 Å². The third-order valence-corrected chi connectivity index (χ3v) is 5.68. The fourth-order valence-electron chi connectivity index (χ4n) is 3.86. The molecule has 0 aliphatic heterocycles. The highest BCUT2D eigenvalue weighted by Gasteiger charge is 2.16. The highest BCUT2D eigenvalue weighted by molar-refractivity contribution is 5.95. The van der Waals surface area contributed by atoms with Gasteiger partial charge in [-0.2, -0.15) is 0 Å². The summed E-state index contributed by atoms with van der Waals surface area (Å²) in [6, 6.07) is 27.8. The summed E-state index contributed by atoms with van der Waals surface area (Å²) < 4.78 is 40.6. The van der Waals surface area contributed by atoms with Crippen molar-refractivity contribution in [1.29, 1.82) is 0 Å². The molecule has 0 spiro atoms. The molecule has 5 nitrogen and oxygen atoms in total. The maximum Gasteiger partial charge on any atom is 0.343 e. The first-order valence-corrected chi connectivity index (χ1v) is 11.7. The minimum Gasteiger partial charge on any atom is -0.492 e. The lowest BCUT2D eigenvalue weighted by atomic mass is 10.1. The van der Waals surface area contributed by atoms with E-state index < -0.39 is 17.6 Å². The van der Waals surface area contributed by atoms with Crippen LogP contribution in [0.25, 0.3) is 22.9 Å². The summed E-state index contributed by atoms with van der Waals surface area (Å²) in [4.78, 5) is 17.6. The average molecular weight is 497 g/mol. The number of hydrogen-bond donors (Lipinski definition) is 0. The number of fused-ring (bicyclic) bond motifs is 1. The summed E-state index contributed by atoms with van der Waals surface area (Å²) in [5.74, 6) is -0.0932. The number of rotatable bonds is 8. The number of benzene rings is 4. The van der Waals surface area contributed by atoms with E-state index in [1.54, 1.807) is 6.08 Å². The van der Waals surface area contributed by atoms with E-state index in [0.717, 1.165) is 16.8 Å². The van der Waals surface area contributed by atoms with Crippen LogP contribution in [0.1, 0.15) is 21.7 Å². The van der Waals surface area contributed by atoms with Crippen molar-refractivity contribution >= 4 is 28.8 Å². The van der Waals surface area contributed by atoms with E-state index in [2.05, 4.69) is 0 Å². The predicted molar refractivity (Wildman–Crippen MR) is 138 cm³/mol. The van der Waals surface area contributed by atoms with Crippen molar-refractivity contribution in [2.75, 3.05) is 6.61 Å². The van der Waals surface area contributed by atoms with Crippen LogP contribution in [-0.2, 0) is 11.3 Å². The van der Waals surface area contributed by atoms with Gasteiger partial charge in [0.2, 0.25) is 0 Å². The maximum absolute atomic E-state index is 13.6. The van der Waals surface area contributed by atoms with Crippen LogP contribution in [-0.4, -0.2) is 22.1 Å². The molecule has 1 heterocycles. The first kappa shape index (κ1) is 23.9. The van der Waals surface area contributed by atoms with Gasteiger partial charge in [0.1, 0.15) is 35.6 Å². The first-order valence-electron chi connectivity index (χ1n) is 11.7. The lowest BCUT2D eigenvalue weighted by Gasteiger charge is -2.12. The van der Waals surface area contributed by atoms with E-state index in [0.29, 0.717) is 24.5 Å². The molecule has 0 N–H and O–H groups in total. The Morgan fingerprint density at radius 2 is 1.41 bits per heavy atom. The Balaban J connectivity index is 1.51. The molecule has 0 aliphatic rings. The Labute approximate surface area is 212 Å². The topological polar surface area (TPSA) is 53.3 Å². The average Bonchev–Trinajstić information content (AvgIpc) is 3.26. The fourth-order valence-corrected chi connectivity index (χ4v) is 3.86. The number of nitrogens with zero attached hydrogens (tertiary/aromatic N) is 2. The number of carbonyl (C=O) groups excluding carboxylic acids is 1. The number of aromatic nitrogens is 2. The van der Waals surface area contributed by atoms with Gasteiger partial charge in [-0.1, -0.05) is 30.3 Å². The van der Waals surface area contributed by atoms with Crippen LogP contribution in [0.5, 0.6) is 5.75 Å². The summed E-state index contributed by atoms with van der Waals surface area (Å²) in [5, 5.41) is 0. The highest BCUT2D eigenvalue weighted by Crippen LogP contribution is 2.25. The summed E-state index contributed by atoms with van der Waals surface area (Å²) in [6.45, 7) is 0.857. The molecular formula is C30H22F2N2O3. The zero-order valence-electron chi connectivity index (χ0n) is 19.7. The van der Waals surface area contributed by atoms with E-state index in [1.165, 1.54) is 48.5 Å². The van der Waals surface area contributed by atoms with E-state index in [9.17, 15) is 13.6 Å². The number of para-hydroxylation sites is 3. The SMILES string of the molecule is O=C(OC(=Cc1nc2ccccc2n1CCOc1ccccc1)c1ccc(F)cc1)c1ccc(F)cc1. The van der Waals surface area contributed by atoms with Gasteiger partial charge in [0.25, 0.3) is 0 Å². The zero-order valence-corrected chi connectivity index (χ0v) is 19.7. The lowest BCUT2D eigenvalue weighted by molar-refractivity contribution is 0.0693. The van der Waals surface area contributed by atoms with Gasteiger partial charge < -0.3 is 14.0 Å². The Morgan fingerprint density at radius 3 is 2.11 bits per heavy atom. The minimum atomic E-state index is -0.675. The van der Waals surface area contributed by atoms with E-state index in [-0.39, 0.29) is 11.3 Å². The van der Waals surface area contributed by atoms with Crippen LogP contribution in [0.15, 0.2) is 103 Å². The van der Waals surface area contributed by atoms with Crippen molar-refractivity contribution in [1.82, 2.24) is 9.55 Å². The normalized spacial score (nSPS) is 11.5. The molecule has 0 fully saturated rings. The van der Waals surface area contributed by atoms with Gasteiger partial charge in [0.05, 0.1) is 23.1 Å². The number of imidazole rings is 1. The van der Waals surface area contributed by atoms with Crippen LogP contribution in [0.2, 0.25) is 0 Å². The highest BCUT2D eigenvalue weighted by atomic mass is 19.1. The largest absolute Gasteiger partial charge is 0.492 e. The van der Waals surface area contributed by atoms with Gasteiger partial charge in [-0.25, -0.2) is 18.6 Å². The molecule has 5 rings (SSSR count). The third-order valence-electron chi connectivity index (χ3n) is 5.68. The Bertz CT molecular complexity index is 1540. The fraction of sp³-hybridized carbons (Fsp3) is 0.0667. The molecule has 0 saturated heterocycles. The van der Waals surface area contributed by atoms with Crippen LogP contribution in [0.4, 0.5) is 8.78 Å². The Kier molecular flexibility index (Phi) is 7.03. The molecule has 1 aromatic heterocycles. The maximum atomic E-state index is 13.6. The van der Waals surface area contributed by atoms with Crippen LogP contribution in [0, 0.1) is 11.6 Å². The van der Waals surface area contributed by atoms with Gasteiger partial charge >= 0.3 is 5.97 Å². The van der Waals surface area contributed by atoms with Crippen molar-refractivity contribution in [3.8, 4) is 5.75 Å². The molecule has 5 aromatic rings. The zero-order chi connectivity index (χ0) is 25.6. The summed E-state index contributed by atoms with van der Waals surface area (Å²) in [6.07, 6.45) is 1.64. The quantitative estimate of drug-likeness (QED) is 0.176. The van der Waals surface area contributed by atoms with Crippen molar-refractivity contribution in [2.45, 2.75) is 6.54 Å². The molecule has 0 amide bonds. The van der Waals surface area contributed by atoms with Gasteiger partial charge in [-0.05, 0) is 72.8 Å². The lowest BCUT2D eigenvalue weighted by Crippen LogP contribution is -2.10. The van der Waals surface area contributed by atoms with Crippen LogP contribution >= 0.6 is 0 Å². The van der Waals surface area contributed by atoms with Crippen molar-refractivity contribution < 1.29 is 23.0 Å².